The lowest BCUT2D eigenvalue weighted by Crippen LogP contribution is -2.44. The lowest BCUT2D eigenvalue weighted by Gasteiger charge is -2.30. The molecule has 4 rings (SSSR count). The van der Waals surface area contributed by atoms with Crippen LogP contribution in [-0.2, 0) is 12.8 Å². The zero-order valence-corrected chi connectivity index (χ0v) is 18.4. The minimum Gasteiger partial charge on any atom is -0.397 e. The average molecular weight is 464 g/mol. The summed E-state index contributed by atoms with van der Waals surface area (Å²) < 4.78 is 43.2. The Morgan fingerprint density at radius 1 is 1.19 bits per heavy atom. The van der Waals surface area contributed by atoms with Crippen molar-refractivity contribution in [2.24, 2.45) is 0 Å². The number of anilines is 2. The van der Waals surface area contributed by atoms with Crippen LogP contribution in [0.2, 0.25) is 0 Å². The number of nitrogens with zero attached hydrogens (tertiary/aromatic N) is 2. The standard InChI is InChI=1S/C22H24F3N5OS/c1-2-17-15(24)10-13-19(26)20(32-22(13)29-17)21(31)28-4-3-12-9-16(25)18(11-14(12)23)30-7-5-27-6-8-30/h9-11,27H,2-8,26H2,1H3,(H,28,31). The number of amides is 1. The fourth-order valence-corrected chi connectivity index (χ4v) is 4.79. The highest BCUT2D eigenvalue weighted by atomic mass is 32.1. The van der Waals surface area contributed by atoms with Crippen LogP contribution in [0.3, 0.4) is 0 Å². The maximum atomic E-state index is 14.6. The van der Waals surface area contributed by atoms with Crippen molar-refractivity contribution in [1.29, 1.82) is 0 Å². The van der Waals surface area contributed by atoms with E-state index in [0.29, 0.717) is 35.4 Å². The Labute approximate surface area is 187 Å². The first-order chi connectivity index (χ1) is 15.4. The van der Waals surface area contributed by atoms with Gasteiger partial charge in [-0.05, 0) is 30.5 Å². The van der Waals surface area contributed by atoms with Crippen LogP contribution < -0.4 is 21.3 Å². The van der Waals surface area contributed by atoms with E-state index < -0.39 is 23.4 Å². The number of aromatic nitrogens is 1. The van der Waals surface area contributed by atoms with Crippen molar-refractivity contribution in [2.45, 2.75) is 19.8 Å². The average Bonchev–Trinajstić information content (AvgIpc) is 3.11. The van der Waals surface area contributed by atoms with E-state index in [4.69, 9.17) is 5.73 Å². The largest absolute Gasteiger partial charge is 0.397 e. The summed E-state index contributed by atoms with van der Waals surface area (Å²) in [4.78, 5) is 19.4. The number of aryl methyl sites for hydroxylation is 1. The van der Waals surface area contributed by atoms with Crippen LogP contribution in [0, 0.1) is 17.5 Å². The van der Waals surface area contributed by atoms with Gasteiger partial charge in [0.05, 0.1) is 17.1 Å². The molecule has 0 saturated carbocycles. The molecule has 1 aliphatic rings. The van der Waals surface area contributed by atoms with Crippen molar-refractivity contribution < 1.29 is 18.0 Å². The molecule has 0 unspecified atom stereocenters. The minimum absolute atomic E-state index is 0.0951. The van der Waals surface area contributed by atoms with Gasteiger partial charge in [0.25, 0.3) is 5.91 Å². The fraction of sp³-hybridized carbons (Fsp3) is 0.364. The molecule has 2 aromatic heterocycles. The molecule has 32 heavy (non-hydrogen) atoms. The first-order valence-corrected chi connectivity index (χ1v) is 11.3. The molecule has 1 fully saturated rings. The number of nitrogens with two attached hydrogens (primary N) is 1. The number of thiophene rings is 1. The topological polar surface area (TPSA) is 83.3 Å². The number of carbonyl (C=O) groups is 1. The molecule has 10 heteroatoms. The Morgan fingerprint density at radius 3 is 2.66 bits per heavy atom. The summed E-state index contributed by atoms with van der Waals surface area (Å²) in [6, 6.07) is 3.70. The molecule has 1 saturated heterocycles. The van der Waals surface area contributed by atoms with E-state index in [2.05, 4.69) is 15.6 Å². The quantitative estimate of drug-likeness (QED) is 0.523. The third-order valence-corrected chi connectivity index (χ3v) is 6.66. The summed E-state index contributed by atoms with van der Waals surface area (Å²) in [6.45, 7) is 4.55. The molecular weight excluding hydrogens is 439 g/mol. The predicted octanol–water partition coefficient (Wildman–Crippen LogP) is 3.24. The zero-order valence-electron chi connectivity index (χ0n) is 17.6. The number of nitrogen functional groups attached to an aromatic ring is 1. The lowest BCUT2D eigenvalue weighted by molar-refractivity contribution is 0.0959. The number of pyridine rings is 1. The van der Waals surface area contributed by atoms with E-state index >= 15 is 0 Å². The maximum Gasteiger partial charge on any atom is 0.263 e. The van der Waals surface area contributed by atoms with Crippen LogP contribution in [0.25, 0.3) is 10.2 Å². The third kappa shape index (κ3) is 4.37. The lowest BCUT2D eigenvalue weighted by atomic mass is 10.1. The summed E-state index contributed by atoms with van der Waals surface area (Å²) in [5.41, 5.74) is 6.95. The van der Waals surface area contributed by atoms with Gasteiger partial charge in [-0.1, -0.05) is 6.92 Å². The molecule has 1 amide bonds. The summed E-state index contributed by atoms with van der Waals surface area (Å²) in [7, 11) is 0. The monoisotopic (exact) mass is 463 g/mol. The molecule has 170 valence electrons. The van der Waals surface area contributed by atoms with Gasteiger partial charge in [-0.3, -0.25) is 4.79 Å². The van der Waals surface area contributed by atoms with Crippen molar-refractivity contribution >= 4 is 38.8 Å². The second kappa shape index (κ2) is 9.33. The van der Waals surface area contributed by atoms with Gasteiger partial charge in [-0.15, -0.1) is 11.3 Å². The number of nitrogens with one attached hydrogen (secondary N) is 2. The van der Waals surface area contributed by atoms with Crippen LogP contribution in [-0.4, -0.2) is 43.6 Å². The Bertz CT molecular complexity index is 1160. The normalized spacial score (nSPS) is 14.2. The number of benzene rings is 1. The first-order valence-electron chi connectivity index (χ1n) is 10.5. The van der Waals surface area contributed by atoms with Gasteiger partial charge in [0.15, 0.2) is 0 Å². The second-order valence-corrected chi connectivity index (χ2v) is 8.61. The van der Waals surface area contributed by atoms with Gasteiger partial charge in [0.2, 0.25) is 0 Å². The summed E-state index contributed by atoms with van der Waals surface area (Å²) in [6.07, 6.45) is 0.546. The zero-order chi connectivity index (χ0) is 22.8. The molecule has 4 N–H and O–H groups in total. The van der Waals surface area contributed by atoms with E-state index in [0.717, 1.165) is 24.4 Å². The number of piperazine rings is 1. The highest BCUT2D eigenvalue weighted by Crippen LogP contribution is 2.33. The van der Waals surface area contributed by atoms with Crippen molar-refractivity contribution in [1.82, 2.24) is 15.6 Å². The van der Waals surface area contributed by atoms with Gasteiger partial charge in [0.1, 0.15) is 27.2 Å². The molecule has 0 aliphatic carbocycles. The van der Waals surface area contributed by atoms with Crippen molar-refractivity contribution in [3.63, 3.8) is 0 Å². The number of carbonyl (C=O) groups excluding carboxylic acids is 1. The molecule has 0 spiro atoms. The number of rotatable bonds is 6. The molecule has 1 aromatic carbocycles. The van der Waals surface area contributed by atoms with E-state index in [1.165, 1.54) is 18.2 Å². The van der Waals surface area contributed by atoms with E-state index in [-0.39, 0.29) is 34.8 Å². The van der Waals surface area contributed by atoms with Crippen molar-refractivity contribution in [3.8, 4) is 0 Å². The molecule has 0 bridgehead atoms. The summed E-state index contributed by atoms with van der Waals surface area (Å²) >= 11 is 1.08. The van der Waals surface area contributed by atoms with Crippen LogP contribution in [0.1, 0.15) is 27.9 Å². The third-order valence-electron chi connectivity index (χ3n) is 5.54. The highest BCUT2D eigenvalue weighted by Gasteiger charge is 2.20. The summed E-state index contributed by atoms with van der Waals surface area (Å²) in [5, 5.41) is 6.25. The maximum absolute atomic E-state index is 14.6. The Balaban J connectivity index is 1.44. The smallest absolute Gasteiger partial charge is 0.263 e. The van der Waals surface area contributed by atoms with Crippen molar-refractivity contribution in [3.05, 3.63) is 51.8 Å². The van der Waals surface area contributed by atoms with Gasteiger partial charge in [-0.2, -0.15) is 0 Å². The van der Waals surface area contributed by atoms with Crippen molar-refractivity contribution in [2.75, 3.05) is 43.4 Å². The van der Waals surface area contributed by atoms with Gasteiger partial charge < -0.3 is 21.3 Å². The van der Waals surface area contributed by atoms with E-state index in [9.17, 15) is 18.0 Å². The highest BCUT2D eigenvalue weighted by molar-refractivity contribution is 7.21. The molecule has 0 atom stereocenters. The molecular formula is C22H24F3N5OS. The van der Waals surface area contributed by atoms with E-state index in [1.54, 1.807) is 6.92 Å². The Hall–Kier alpha value is -2.85. The molecule has 3 aromatic rings. The Morgan fingerprint density at radius 2 is 1.94 bits per heavy atom. The molecule has 1 aliphatic heterocycles. The number of fused-ring (bicyclic) bond motifs is 1. The minimum atomic E-state index is -0.512. The fourth-order valence-electron chi connectivity index (χ4n) is 3.78. The van der Waals surface area contributed by atoms with Crippen LogP contribution in [0.4, 0.5) is 24.5 Å². The van der Waals surface area contributed by atoms with Gasteiger partial charge in [-0.25, -0.2) is 18.2 Å². The first kappa shape index (κ1) is 22.3. The molecule has 0 radical (unpaired) electrons. The van der Waals surface area contributed by atoms with Gasteiger partial charge >= 0.3 is 0 Å². The number of hydrogen-bond donors (Lipinski definition) is 3. The van der Waals surface area contributed by atoms with Crippen LogP contribution in [0.15, 0.2) is 18.2 Å². The number of halogens is 3. The number of hydrogen-bond acceptors (Lipinski definition) is 6. The molecule has 3 heterocycles. The molecule has 6 nitrogen and oxygen atoms in total. The van der Waals surface area contributed by atoms with Gasteiger partial charge in [0, 0.05) is 44.2 Å². The van der Waals surface area contributed by atoms with E-state index in [1.807, 2.05) is 4.90 Å². The second-order valence-electron chi connectivity index (χ2n) is 7.61. The van der Waals surface area contributed by atoms with Crippen LogP contribution in [0.5, 0.6) is 0 Å². The van der Waals surface area contributed by atoms with Crippen LogP contribution >= 0.6 is 11.3 Å². The Kier molecular flexibility index (Phi) is 6.52. The predicted molar refractivity (Wildman–Crippen MR) is 121 cm³/mol. The SMILES string of the molecule is CCc1nc2sc(C(=O)NCCc3cc(F)c(N4CCNCC4)cc3F)c(N)c2cc1F. The summed E-state index contributed by atoms with van der Waals surface area (Å²) in [5.74, 6) is -1.91.